The first-order valence-electron chi connectivity index (χ1n) is 6.42. The van der Waals surface area contributed by atoms with E-state index in [0.29, 0.717) is 6.04 Å². The Bertz CT molecular complexity index is 411. The molecule has 0 bridgehead atoms. The quantitative estimate of drug-likeness (QED) is 0.909. The summed E-state index contributed by atoms with van der Waals surface area (Å²) in [6.07, 6.45) is 2.77. The maximum atomic E-state index is 13.4. The van der Waals surface area contributed by atoms with E-state index < -0.39 is 0 Å². The topological polar surface area (TPSA) is 23.5 Å². The van der Waals surface area contributed by atoms with E-state index in [1.807, 2.05) is 13.0 Å². The molecule has 1 aliphatic heterocycles. The molecule has 100 valence electrons. The molecule has 0 spiro atoms. The zero-order valence-corrected chi connectivity index (χ0v) is 11.3. The van der Waals surface area contributed by atoms with E-state index in [4.69, 9.17) is 11.6 Å². The summed E-state index contributed by atoms with van der Waals surface area (Å²) >= 11 is 5.67. The van der Waals surface area contributed by atoms with Gasteiger partial charge in [-0.05, 0) is 50.4 Å². The largest absolute Gasteiger partial charge is 0.393 e. The van der Waals surface area contributed by atoms with Gasteiger partial charge in [-0.25, -0.2) is 4.39 Å². The van der Waals surface area contributed by atoms with E-state index in [9.17, 15) is 9.50 Å². The van der Waals surface area contributed by atoms with Crippen molar-refractivity contribution in [2.45, 2.75) is 44.9 Å². The van der Waals surface area contributed by atoms with Gasteiger partial charge in [0.25, 0.3) is 0 Å². The van der Waals surface area contributed by atoms with Gasteiger partial charge in [0.2, 0.25) is 0 Å². The van der Waals surface area contributed by atoms with Gasteiger partial charge in [0.05, 0.1) is 11.1 Å². The van der Waals surface area contributed by atoms with Crippen LogP contribution in [-0.2, 0) is 6.54 Å². The molecule has 2 rings (SSSR count). The second-order valence-electron chi connectivity index (χ2n) is 5.10. The first-order valence-corrected chi connectivity index (χ1v) is 6.80. The molecule has 2 nitrogen and oxygen atoms in total. The lowest BCUT2D eigenvalue weighted by molar-refractivity contribution is 0.130. The Morgan fingerprint density at radius 3 is 3.00 bits per heavy atom. The fourth-order valence-electron chi connectivity index (χ4n) is 2.64. The Hall–Kier alpha value is -0.640. The van der Waals surface area contributed by atoms with Crippen molar-refractivity contribution in [1.82, 2.24) is 4.90 Å². The summed E-state index contributed by atoms with van der Waals surface area (Å²) in [5, 5.41) is 9.64. The van der Waals surface area contributed by atoms with Gasteiger partial charge in [-0.2, -0.15) is 0 Å². The number of hydrogen-bond acceptors (Lipinski definition) is 2. The molecule has 0 aliphatic carbocycles. The molecule has 1 saturated heterocycles. The van der Waals surface area contributed by atoms with Crippen LogP contribution in [0.25, 0.3) is 0 Å². The monoisotopic (exact) mass is 271 g/mol. The van der Waals surface area contributed by atoms with Crippen molar-refractivity contribution < 1.29 is 9.50 Å². The maximum absolute atomic E-state index is 13.4. The highest BCUT2D eigenvalue weighted by atomic mass is 35.5. The van der Waals surface area contributed by atoms with Crippen LogP contribution in [0.2, 0.25) is 5.02 Å². The lowest BCUT2D eigenvalue weighted by Gasteiger charge is -2.25. The van der Waals surface area contributed by atoms with Crippen LogP contribution in [-0.4, -0.2) is 28.7 Å². The van der Waals surface area contributed by atoms with Gasteiger partial charge in [0.15, 0.2) is 0 Å². The van der Waals surface area contributed by atoms with E-state index in [-0.39, 0.29) is 16.9 Å². The number of aliphatic hydroxyl groups excluding tert-OH is 1. The van der Waals surface area contributed by atoms with Crippen molar-refractivity contribution in [3.05, 3.63) is 34.6 Å². The van der Waals surface area contributed by atoms with Crippen LogP contribution < -0.4 is 0 Å². The lowest BCUT2D eigenvalue weighted by Crippen LogP contribution is -2.31. The van der Waals surface area contributed by atoms with Crippen LogP contribution in [0, 0.1) is 5.82 Å². The van der Waals surface area contributed by atoms with Gasteiger partial charge in [-0.15, -0.1) is 0 Å². The average molecular weight is 272 g/mol. The maximum Gasteiger partial charge on any atom is 0.142 e. The number of rotatable bonds is 4. The minimum atomic E-state index is -0.361. The second kappa shape index (κ2) is 6.00. The Morgan fingerprint density at radius 2 is 2.33 bits per heavy atom. The zero-order valence-electron chi connectivity index (χ0n) is 10.6. The molecule has 0 amide bonds. The van der Waals surface area contributed by atoms with E-state index in [0.717, 1.165) is 37.9 Å². The molecule has 1 aromatic rings. The summed E-state index contributed by atoms with van der Waals surface area (Å²) in [5.74, 6) is -0.361. The molecule has 0 radical (unpaired) electrons. The van der Waals surface area contributed by atoms with Crippen LogP contribution in [0.3, 0.4) is 0 Å². The predicted molar refractivity (Wildman–Crippen MR) is 71.1 cm³/mol. The predicted octanol–water partition coefficient (Wildman–Crippen LogP) is 3.21. The van der Waals surface area contributed by atoms with Gasteiger partial charge in [-0.1, -0.05) is 17.7 Å². The molecule has 0 saturated carbocycles. The number of halogens is 2. The van der Waals surface area contributed by atoms with E-state index in [2.05, 4.69) is 4.90 Å². The molecule has 2 unspecified atom stereocenters. The summed E-state index contributed by atoms with van der Waals surface area (Å²) in [5.41, 5.74) is 0.939. The zero-order chi connectivity index (χ0) is 13.1. The fourth-order valence-corrected chi connectivity index (χ4v) is 2.75. The number of nitrogens with zero attached hydrogens (tertiary/aromatic N) is 1. The van der Waals surface area contributed by atoms with Crippen LogP contribution in [0.1, 0.15) is 31.7 Å². The third-order valence-electron chi connectivity index (χ3n) is 3.48. The number of aliphatic hydroxyl groups is 1. The van der Waals surface area contributed by atoms with Crippen molar-refractivity contribution in [2.75, 3.05) is 6.54 Å². The summed E-state index contributed by atoms with van der Waals surface area (Å²) in [6, 6.07) is 5.37. The molecule has 1 N–H and O–H groups in total. The SMILES string of the molecule is CC(O)CC1CCCN1Cc1ccc(Cl)c(F)c1. The Balaban J connectivity index is 2.01. The fraction of sp³-hybridized carbons (Fsp3) is 0.571. The summed E-state index contributed by atoms with van der Waals surface area (Å²) in [7, 11) is 0. The van der Waals surface area contributed by atoms with E-state index in [1.54, 1.807) is 6.07 Å². The summed E-state index contributed by atoms with van der Waals surface area (Å²) < 4.78 is 13.4. The van der Waals surface area contributed by atoms with Crippen molar-refractivity contribution in [3.8, 4) is 0 Å². The second-order valence-corrected chi connectivity index (χ2v) is 5.51. The number of hydrogen-bond donors (Lipinski definition) is 1. The molecule has 1 aromatic carbocycles. The Morgan fingerprint density at radius 1 is 1.56 bits per heavy atom. The molecule has 1 heterocycles. The lowest BCUT2D eigenvalue weighted by atomic mass is 10.1. The smallest absolute Gasteiger partial charge is 0.142 e. The summed E-state index contributed by atoms with van der Waals surface area (Å²) in [4.78, 5) is 2.31. The van der Waals surface area contributed by atoms with Crippen molar-refractivity contribution >= 4 is 11.6 Å². The van der Waals surface area contributed by atoms with Crippen molar-refractivity contribution in [1.29, 1.82) is 0 Å². The van der Waals surface area contributed by atoms with Crippen LogP contribution in [0.4, 0.5) is 4.39 Å². The molecular formula is C14H19ClFNO. The molecule has 1 fully saturated rings. The minimum Gasteiger partial charge on any atom is -0.393 e. The van der Waals surface area contributed by atoms with Gasteiger partial charge < -0.3 is 5.11 Å². The van der Waals surface area contributed by atoms with Gasteiger partial charge in [-0.3, -0.25) is 4.90 Å². The standard InChI is InChI=1S/C14H19ClFNO/c1-10(18)7-12-3-2-6-17(12)9-11-4-5-13(15)14(16)8-11/h4-5,8,10,12,18H,2-3,6-7,9H2,1H3. The van der Waals surface area contributed by atoms with Gasteiger partial charge in [0.1, 0.15) is 5.82 Å². The molecule has 1 aliphatic rings. The minimum absolute atomic E-state index is 0.167. The van der Waals surface area contributed by atoms with Gasteiger partial charge in [0, 0.05) is 12.6 Å². The first kappa shape index (κ1) is 13.8. The van der Waals surface area contributed by atoms with E-state index in [1.165, 1.54) is 6.07 Å². The van der Waals surface area contributed by atoms with Crippen LogP contribution in [0.15, 0.2) is 18.2 Å². The Labute approximate surface area is 112 Å². The highest BCUT2D eigenvalue weighted by Crippen LogP contribution is 2.24. The molecule has 0 aromatic heterocycles. The van der Waals surface area contributed by atoms with Crippen LogP contribution >= 0.6 is 11.6 Å². The molecule has 4 heteroatoms. The third kappa shape index (κ3) is 3.44. The summed E-state index contributed by atoms with van der Waals surface area (Å²) in [6.45, 7) is 3.56. The van der Waals surface area contributed by atoms with Gasteiger partial charge >= 0.3 is 0 Å². The highest BCUT2D eigenvalue weighted by molar-refractivity contribution is 6.30. The molecule has 18 heavy (non-hydrogen) atoms. The van der Waals surface area contributed by atoms with Crippen molar-refractivity contribution in [2.24, 2.45) is 0 Å². The van der Waals surface area contributed by atoms with E-state index >= 15 is 0 Å². The molecule has 2 atom stereocenters. The third-order valence-corrected chi connectivity index (χ3v) is 3.79. The number of benzene rings is 1. The average Bonchev–Trinajstić information content (AvgIpc) is 2.70. The van der Waals surface area contributed by atoms with Crippen molar-refractivity contribution in [3.63, 3.8) is 0 Å². The van der Waals surface area contributed by atoms with Crippen LogP contribution in [0.5, 0.6) is 0 Å². The highest BCUT2D eigenvalue weighted by Gasteiger charge is 2.25. The normalized spacial score (nSPS) is 22.3. The number of likely N-dealkylation sites (tertiary alicyclic amines) is 1. The first-order chi connectivity index (χ1) is 8.56. The Kier molecular flexibility index (Phi) is 4.60. The molecular weight excluding hydrogens is 253 g/mol.